The van der Waals surface area contributed by atoms with E-state index in [2.05, 4.69) is 0 Å². The first-order chi connectivity index (χ1) is 23.7. The van der Waals surface area contributed by atoms with Gasteiger partial charge in [0.2, 0.25) is 0 Å². The number of benzene rings is 4. The van der Waals surface area contributed by atoms with Gasteiger partial charge < -0.3 is 9.47 Å². The monoisotopic (exact) mass is 668 g/mol. The molecule has 2 aliphatic carbocycles. The normalized spacial score (nSPS) is 18.9. The molecule has 2 heterocycles. The maximum absolute atomic E-state index is 14.0. The summed E-state index contributed by atoms with van der Waals surface area (Å²) in [7, 11) is 0. The Hall–Kier alpha value is -5.90. The standard InChI is InChI=1S/C40H32N2O8/c1-39(2)17-27(43)37-31(19-39)49-29-13-11-26-25(35(29)33(37)21-7-5-9-23(15-21)41(45)46)12-14-30-36(26)34(22-8-6-10-24(16-22)42(47)48)38-28(44)18-40(3,4)20-32(38)50-30/h5-16H,17-20H2,1-4H3. The second-order valence-corrected chi connectivity index (χ2v) is 15.0. The quantitative estimate of drug-likeness (QED) is 0.165. The molecular formula is C40H32N2O8. The Morgan fingerprint density at radius 2 is 0.960 bits per heavy atom. The molecule has 0 atom stereocenters. The van der Waals surface area contributed by atoms with Crippen LogP contribution in [0.4, 0.5) is 11.4 Å². The zero-order valence-electron chi connectivity index (χ0n) is 27.9. The Morgan fingerprint density at radius 1 is 0.560 bits per heavy atom. The second-order valence-electron chi connectivity index (χ2n) is 15.0. The summed E-state index contributed by atoms with van der Waals surface area (Å²) in [4.78, 5) is 50.9. The molecule has 10 heteroatoms. The van der Waals surface area contributed by atoms with Crippen molar-refractivity contribution < 1.29 is 28.9 Å². The molecule has 2 aliphatic heterocycles. The minimum absolute atomic E-state index is 0.112. The molecule has 0 spiro atoms. The highest BCUT2D eigenvalue weighted by Crippen LogP contribution is 2.46. The third-order valence-electron chi connectivity index (χ3n) is 9.95. The van der Waals surface area contributed by atoms with Crippen LogP contribution >= 0.6 is 0 Å². The van der Waals surface area contributed by atoms with Gasteiger partial charge in [-0.1, -0.05) is 52.0 Å². The van der Waals surface area contributed by atoms with Crippen molar-refractivity contribution in [2.45, 2.75) is 53.4 Å². The highest BCUT2D eigenvalue weighted by molar-refractivity contribution is 6.15. The first-order valence-corrected chi connectivity index (χ1v) is 16.4. The van der Waals surface area contributed by atoms with Gasteiger partial charge in [-0.2, -0.15) is 0 Å². The molecule has 0 radical (unpaired) electrons. The molecule has 0 fully saturated rings. The molecule has 0 bridgehead atoms. The fourth-order valence-corrected chi connectivity index (χ4v) is 7.95. The number of ether oxygens (including phenoxy) is 2. The number of hydrogen-bond acceptors (Lipinski definition) is 8. The molecule has 8 rings (SSSR count). The highest BCUT2D eigenvalue weighted by atomic mass is 16.6. The van der Waals surface area contributed by atoms with E-state index < -0.39 is 9.85 Å². The van der Waals surface area contributed by atoms with Gasteiger partial charge in [0.25, 0.3) is 11.4 Å². The number of nitrogens with zero attached hydrogens (tertiary/aromatic N) is 2. The van der Waals surface area contributed by atoms with Gasteiger partial charge in [0.1, 0.15) is 23.0 Å². The van der Waals surface area contributed by atoms with E-state index in [-0.39, 0.29) is 46.6 Å². The Labute approximate surface area is 286 Å². The lowest BCUT2D eigenvalue weighted by Crippen LogP contribution is -2.35. The van der Waals surface area contributed by atoms with Crippen LogP contribution in [0.3, 0.4) is 0 Å². The summed E-state index contributed by atoms with van der Waals surface area (Å²) in [6.45, 7) is 8.04. The third-order valence-corrected chi connectivity index (χ3v) is 9.95. The van der Waals surface area contributed by atoms with Crippen molar-refractivity contribution in [2.75, 3.05) is 0 Å². The van der Waals surface area contributed by atoms with E-state index in [0.717, 1.165) is 0 Å². The summed E-state index contributed by atoms with van der Waals surface area (Å²) in [6.07, 6.45) is 1.55. The van der Waals surface area contributed by atoms with E-state index in [1.807, 2.05) is 52.0 Å². The average Bonchev–Trinajstić information content (AvgIpc) is 3.05. The molecule has 0 amide bonds. The fraction of sp³-hybridized carbons (Fsp3) is 0.250. The van der Waals surface area contributed by atoms with Crippen LogP contribution in [0, 0.1) is 31.1 Å². The zero-order chi connectivity index (χ0) is 35.3. The summed E-state index contributed by atoms with van der Waals surface area (Å²) in [6, 6.07) is 19.9. The largest absolute Gasteiger partial charge is 0.460 e. The number of Topliss-reactive ketones (excluding diaryl/α,β-unsaturated/α-hetero) is 2. The second kappa shape index (κ2) is 10.8. The van der Waals surface area contributed by atoms with Gasteiger partial charge in [-0.15, -0.1) is 0 Å². The van der Waals surface area contributed by atoms with E-state index in [4.69, 9.17) is 9.47 Å². The van der Waals surface area contributed by atoms with Crippen LogP contribution in [0.15, 0.2) is 95.5 Å². The van der Waals surface area contributed by atoms with E-state index in [1.165, 1.54) is 24.3 Å². The Morgan fingerprint density at radius 3 is 1.34 bits per heavy atom. The number of allylic oxidation sites excluding steroid dienone is 4. The maximum atomic E-state index is 14.0. The predicted octanol–water partition coefficient (Wildman–Crippen LogP) is 7.13. The molecule has 4 aliphatic rings. The molecule has 4 aromatic rings. The SMILES string of the molecule is CC1(C)CC(=O)C2=C(C1)Oc1ccc3c4c(ccc3c1=C2c1cccc([N+](=O)[O-])c1)OC1=C(C(=O)CC(C)(C)C1)C=4c1cccc([N+](=O)[O-])c1. The van der Waals surface area contributed by atoms with Gasteiger partial charge in [-0.05, 0) is 57.0 Å². The van der Waals surface area contributed by atoms with Gasteiger partial charge in [0, 0.05) is 71.5 Å². The molecule has 4 aromatic carbocycles. The fourth-order valence-electron chi connectivity index (χ4n) is 7.95. The van der Waals surface area contributed by atoms with Gasteiger partial charge in [-0.25, -0.2) is 0 Å². The van der Waals surface area contributed by atoms with Gasteiger partial charge in [0.05, 0.1) is 21.0 Å². The molecule has 250 valence electrons. The first kappa shape index (κ1) is 31.4. The summed E-state index contributed by atoms with van der Waals surface area (Å²) in [5.74, 6) is 1.80. The molecule has 50 heavy (non-hydrogen) atoms. The van der Waals surface area contributed by atoms with E-state index in [1.54, 1.807) is 24.3 Å². The molecule has 0 saturated heterocycles. The number of ketones is 2. The lowest BCUT2D eigenvalue weighted by atomic mass is 9.72. The number of carbonyl (C=O) groups is 2. The Kier molecular flexibility index (Phi) is 6.78. The van der Waals surface area contributed by atoms with Crippen molar-refractivity contribution in [1.82, 2.24) is 0 Å². The number of nitro benzene ring substituents is 2. The predicted molar refractivity (Wildman–Crippen MR) is 186 cm³/mol. The molecule has 10 nitrogen and oxygen atoms in total. The molecule has 0 N–H and O–H groups in total. The molecule has 0 aromatic heterocycles. The smallest absolute Gasteiger partial charge is 0.270 e. The summed E-state index contributed by atoms with van der Waals surface area (Å²) in [5.41, 5.74) is 1.98. The van der Waals surface area contributed by atoms with E-state index in [0.29, 0.717) is 90.5 Å². The number of rotatable bonds is 4. The zero-order valence-corrected chi connectivity index (χ0v) is 27.9. The average molecular weight is 669 g/mol. The maximum Gasteiger partial charge on any atom is 0.270 e. The highest BCUT2D eigenvalue weighted by Gasteiger charge is 2.41. The summed E-state index contributed by atoms with van der Waals surface area (Å²) in [5, 5.41) is 26.3. The van der Waals surface area contributed by atoms with Crippen molar-refractivity contribution in [3.8, 4) is 11.5 Å². The minimum Gasteiger partial charge on any atom is -0.460 e. The topological polar surface area (TPSA) is 139 Å². The van der Waals surface area contributed by atoms with Crippen molar-refractivity contribution in [1.29, 1.82) is 0 Å². The van der Waals surface area contributed by atoms with Crippen molar-refractivity contribution in [3.05, 3.63) is 137 Å². The van der Waals surface area contributed by atoms with Gasteiger partial charge in [-0.3, -0.25) is 29.8 Å². The molecule has 0 unspecified atom stereocenters. The van der Waals surface area contributed by atoms with E-state index in [9.17, 15) is 29.8 Å². The Bertz CT molecular complexity index is 2310. The Balaban J connectivity index is 1.55. The third kappa shape index (κ3) is 4.93. The van der Waals surface area contributed by atoms with Crippen LogP contribution in [0.25, 0.3) is 21.9 Å². The lowest BCUT2D eigenvalue weighted by Gasteiger charge is -2.36. The van der Waals surface area contributed by atoms with Crippen LogP contribution < -0.4 is 19.9 Å². The number of fused-ring (bicyclic) bond motifs is 5. The van der Waals surface area contributed by atoms with Crippen molar-refractivity contribution >= 4 is 44.9 Å². The van der Waals surface area contributed by atoms with Gasteiger partial charge in [0.15, 0.2) is 11.6 Å². The number of nitro groups is 2. The lowest BCUT2D eigenvalue weighted by molar-refractivity contribution is -0.385. The number of carbonyl (C=O) groups excluding carboxylic acids is 2. The van der Waals surface area contributed by atoms with E-state index >= 15 is 0 Å². The van der Waals surface area contributed by atoms with Gasteiger partial charge >= 0.3 is 0 Å². The number of hydrogen-bond donors (Lipinski definition) is 0. The van der Waals surface area contributed by atoms with Crippen LogP contribution in [-0.4, -0.2) is 21.4 Å². The van der Waals surface area contributed by atoms with Crippen LogP contribution in [-0.2, 0) is 9.59 Å². The van der Waals surface area contributed by atoms with Crippen LogP contribution in [0.5, 0.6) is 11.5 Å². The van der Waals surface area contributed by atoms with Crippen LogP contribution in [0.1, 0.15) is 64.5 Å². The van der Waals surface area contributed by atoms with Crippen LogP contribution in [0.2, 0.25) is 0 Å². The van der Waals surface area contributed by atoms with Crippen molar-refractivity contribution in [2.24, 2.45) is 10.8 Å². The molecule has 0 saturated carbocycles. The first-order valence-electron chi connectivity index (χ1n) is 16.4. The van der Waals surface area contributed by atoms with Crippen molar-refractivity contribution in [3.63, 3.8) is 0 Å². The summed E-state index contributed by atoms with van der Waals surface area (Å²) >= 11 is 0. The minimum atomic E-state index is -0.462. The number of non-ortho nitro benzene ring substituents is 2. The summed E-state index contributed by atoms with van der Waals surface area (Å²) < 4.78 is 13.1. The molecular weight excluding hydrogens is 636 g/mol.